The third kappa shape index (κ3) is 4.67. The van der Waals surface area contributed by atoms with E-state index in [0.29, 0.717) is 5.88 Å². The number of hydrogen-bond acceptors (Lipinski definition) is 6. The molecule has 0 spiro atoms. The Morgan fingerprint density at radius 3 is 2.80 bits per heavy atom. The normalized spacial score (nSPS) is 11.0. The number of nitrogens with zero attached hydrogens (tertiary/aromatic N) is 3. The van der Waals surface area contributed by atoms with E-state index in [1.165, 1.54) is 28.7 Å². The first-order valence-corrected chi connectivity index (χ1v) is 9.71. The van der Waals surface area contributed by atoms with Crippen molar-refractivity contribution >= 4 is 34.9 Å². The molecular formula is C17H19N4O2S2+. The van der Waals surface area contributed by atoms with Crippen molar-refractivity contribution in [3.05, 3.63) is 41.4 Å². The van der Waals surface area contributed by atoms with Crippen molar-refractivity contribution in [3.8, 4) is 11.3 Å². The van der Waals surface area contributed by atoms with Crippen LogP contribution in [-0.2, 0) is 4.79 Å². The van der Waals surface area contributed by atoms with Crippen molar-refractivity contribution in [3.63, 3.8) is 0 Å². The van der Waals surface area contributed by atoms with Gasteiger partial charge in [-0.25, -0.2) is 4.98 Å². The molecule has 6 nitrogen and oxygen atoms in total. The van der Waals surface area contributed by atoms with Crippen LogP contribution in [0.15, 0.2) is 44.7 Å². The fourth-order valence-corrected chi connectivity index (χ4v) is 3.67. The highest BCUT2D eigenvalue weighted by Crippen LogP contribution is 2.28. The molecule has 2 aromatic heterocycles. The molecule has 0 bridgehead atoms. The highest BCUT2D eigenvalue weighted by Gasteiger charge is 2.17. The van der Waals surface area contributed by atoms with Crippen LogP contribution in [0.5, 0.6) is 0 Å². The van der Waals surface area contributed by atoms with Gasteiger partial charge in [-0.1, -0.05) is 41.6 Å². The fraction of sp³-hybridized carbons (Fsp3) is 0.294. The highest BCUT2D eigenvalue weighted by atomic mass is 32.2. The van der Waals surface area contributed by atoms with Gasteiger partial charge in [-0.2, -0.15) is 0 Å². The summed E-state index contributed by atoms with van der Waals surface area (Å²) in [5.74, 6) is 0.464. The SMILES string of the molecule is Cc1ccc(-c2csc(SCC(=O)Nc3c[n+](C(C)C)no3)n2)cc1. The van der Waals surface area contributed by atoms with E-state index in [9.17, 15) is 4.79 Å². The number of aromatic nitrogens is 3. The number of thioether (sulfide) groups is 1. The van der Waals surface area contributed by atoms with Crippen molar-refractivity contribution in [2.45, 2.75) is 31.2 Å². The van der Waals surface area contributed by atoms with Gasteiger partial charge in [-0.05, 0) is 25.5 Å². The summed E-state index contributed by atoms with van der Waals surface area (Å²) in [6, 6.07) is 8.42. The van der Waals surface area contributed by atoms with Crippen molar-refractivity contribution in [1.82, 2.24) is 10.3 Å². The lowest BCUT2D eigenvalue weighted by atomic mass is 10.1. The minimum absolute atomic E-state index is 0.149. The van der Waals surface area contributed by atoms with Gasteiger partial charge in [0, 0.05) is 10.9 Å². The van der Waals surface area contributed by atoms with E-state index in [1.54, 1.807) is 10.9 Å². The third-order valence-corrected chi connectivity index (χ3v) is 5.45. The topological polar surface area (TPSA) is 71.9 Å². The van der Waals surface area contributed by atoms with Crippen LogP contribution in [0.4, 0.5) is 5.88 Å². The van der Waals surface area contributed by atoms with Gasteiger partial charge in [-0.3, -0.25) is 14.6 Å². The summed E-state index contributed by atoms with van der Waals surface area (Å²) in [6.45, 7) is 6.03. The number of rotatable bonds is 6. The summed E-state index contributed by atoms with van der Waals surface area (Å²) in [4.78, 5) is 16.6. The Hall–Kier alpha value is -2.19. The number of hydrogen-bond donors (Lipinski definition) is 1. The zero-order chi connectivity index (χ0) is 17.8. The third-order valence-electron chi connectivity index (χ3n) is 3.43. The molecule has 3 aromatic rings. The Morgan fingerprint density at radius 1 is 1.36 bits per heavy atom. The molecule has 130 valence electrons. The van der Waals surface area contributed by atoms with E-state index in [2.05, 4.69) is 46.8 Å². The number of nitrogens with one attached hydrogen (secondary N) is 1. The maximum atomic E-state index is 12.0. The van der Waals surface area contributed by atoms with Crippen LogP contribution in [0.1, 0.15) is 25.5 Å². The summed E-state index contributed by atoms with van der Waals surface area (Å²) in [7, 11) is 0. The number of carbonyl (C=O) groups excluding carboxylic acids is 1. The molecule has 1 aromatic carbocycles. The zero-order valence-electron chi connectivity index (χ0n) is 14.2. The van der Waals surface area contributed by atoms with E-state index >= 15 is 0 Å². The quantitative estimate of drug-likeness (QED) is 0.525. The van der Waals surface area contributed by atoms with Crippen LogP contribution >= 0.6 is 23.1 Å². The predicted molar refractivity (Wildman–Crippen MR) is 98.7 cm³/mol. The van der Waals surface area contributed by atoms with Crippen LogP contribution in [0, 0.1) is 6.92 Å². The maximum absolute atomic E-state index is 12.0. The van der Waals surface area contributed by atoms with E-state index in [-0.39, 0.29) is 17.7 Å². The van der Waals surface area contributed by atoms with Crippen LogP contribution in [0.25, 0.3) is 11.3 Å². The molecular weight excluding hydrogens is 356 g/mol. The van der Waals surface area contributed by atoms with Crippen molar-refractivity contribution in [2.75, 3.05) is 11.1 Å². The lowest BCUT2D eigenvalue weighted by Gasteiger charge is -1.98. The van der Waals surface area contributed by atoms with Gasteiger partial charge < -0.3 is 0 Å². The Bertz CT molecular complexity index is 856. The van der Waals surface area contributed by atoms with E-state index < -0.39 is 0 Å². The van der Waals surface area contributed by atoms with Gasteiger partial charge in [-0.15, -0.1) is 11.3 Å². The molecule has 0 fully saturated rings. The number of aryl methyl sites for hydroxylation is 1. The molecule has 25 heavy (non-hydrogen) atoms. The van der Waals surface area contributed by atoms with Crippen molar-refractivity contribution in [2.24, 2.45) is 0 Å². The molecule has 0 saturated carbocycles. The first-order valence-electron chi connectivity index (χ1n) is 7.84. The summed E-state index contributed by atoms with van der Waals surface area (Å²) in [5.41, 5.74) is 3.23. The number of carbonyl (C=O) groups is 1. The molecule has 0 aliphatic heterocycles. The minimum atomic E-state index is -0.149. The second-order valence-corrected chi connectivity index (χ2v) is 7.92. The summed E-state index contributed by atoms with van der Waals surface area (Å²) in [6.07, 6.45) is 1.67. The lowest BCUT2D eigenvalue weighted by Crippen LogP contribution is -2.36. The number of anilines is 1. The molecule has 1 amide bonds. The number of amides is 1. The maximum Gasteiger partial charge on any atom is 0.302 e. The molecule has 0 radical (unpaired) electrons. The van der Waals surface area contributed by atoms with E-state index in [0.717, 1.165) is 15.6 Å². The van der Waals surface area contributed by atoms with Gasteiger partial charge in [0.1, 0.15) is 0 Å². The largest absolute Gasteiger partial charge is 0.302 e. The predicted octanol–water partition coefficient (Wildman–Crippen LogP) is 3.71. The number of thiazole rings is 1. The molecule has 0 unspecified atom stereocenters. The molecule has 0 aliphatic rings. The Morgan fingerprint density at radius 2 is 2.12 bits per heavy atom. The highest BCUT2D eigenvalue weighted by molar-refractivity contribution is 8.01. The molecule has 3 rings (SSSR count). The average Bonchev–Trinajstić information content (AvgIpc) is 3.23. The standard InChI is InChI=1S/C17H18N4O2S2/c1-11(2)21-8-16(23-20-21)19-15(22)10-25-17-18-14(9-24-17)13-6-4-12(3)5-7-13/h4-9,11H,10H2,1-3H3/p+1. The van der Waals surface area contributed by atoms with E-state index in [4.69, 9.17) is 4.52 Å². The van der Waals surface area contributed by atoms with Crippen molar-refractivity contribution in [1.29, 1.82) is 0 Å². The van der Waals surface area contributed by atoms with Crippen LogP contribution in [0.3, 0.4) is 0 Å². The van der Waals surface area contributed by atoms with Gasteiger partial charge in [0.2, 0.25) is 11.2 Å². The molecule has 8 heteroatoms. The first-order chi connectivity index (χ1) is 12.0. The first kappa shape index (κ1) is 17.6. The summed E-state index contributed by atoms with van der Waals surface area (Å²) in [5, 5.41) is 8.55. The number of benzene rings is 1. The summed E-state index contributed by atoms with van der Waals surface area (Å²) < 4.78 is 7.59. The minimum Gasteiger partial charge on any atom is -0.288 e. The van der Waals surface area contributed by atoms with Gasteiger partial charge in [0.05, 0.1) is 11.4 Å². The smallest absolute Gasteiger partial charge is 0.288 e. The van der Waals surface area contributed by atoms with Crippen LogP contribution in [-0.4, -0.2) is 21.9 Å². The van der Waals surface area contributed by atoms with Gasteiger partial charge in [0.25, 0.3) is 6.20 Å². The second-order valence-electron chi connectivity index (χ2n) is 5.84. The second kappa shape index (κ2) is 7.79. The van der Waals surface area contributed by atoms with Crippen molar-refractivity contribution < 1.29 is 14.0 Å². The molecule has 0 saturated heterocycles. The zero-order valence-corrected chi connectivity index (χ0v) is 15.9. The van der Waals surface area contributed by atoms with Crippen LogP contribution < -0.4 is 10.00 Å². The molecule has 1 N–H and O–H groups in total. The molecule has 0 aliphatic carbocycles. The van der Waals surface area contributed by atoms with Gasteiger partial charge in [0.15, 0.2) is 10.4 Å². The van der Waals surface area contributed by atoms with Crippen LogP contribution in [0.2, 0.25) is 0 Å². The van der Waals surface area contributed by atoms with Gasteiger partial charge >= 0.3 is 5.88 Å². The lowest BCUT2D eigenvalue weighted by molar-refractivity contribution is -0.779. The Kier molecular flexibility index (Phi) is 5.50. The Balaban J connectivity index is 1.54. The monoisotopic (exact) mass is 375 g/mol. The fourth-order valence-electron chi connectivity index (χ4n) is 2.04. The molecule has 0 atom stereocenters. The Labute approximate surface area is 154 Å². The summed E-state index contributed by atoms with van der Waals surface area (Å²) >= 11 is 2.94. The molecule has 2 heterocycles. The average molecular weight is 375 g/mol. The van der Waals surface area contributed by atoms with E-state index in [1.807, 2.05) is 19.2 Å².